The van der Waals surface area contributed by atoms with Gasteiger partial charge in [0.15, 0.2) is 0 Å². The third-order valence-electron chi connectivity index (χ3n) is 3.72. The van der Waals surface area contributed by atoms with Crippen molar-refractivity contribution in [2.75, 3.05) is 5.75 Å². The Morgan fingerprint density at radius 1 is 0.759 bits per heavy atom. The highest BCUT2D eigenvalue weighted by Gasteiger charge is 2.16. The zero-order valence-electron chi connectivity index (χ0n) is 17.4. The maximum Gasteiger partial charge on any atom is 0.327 e. The van der Waals surface area contributed by atoms with Crippen LogP contribution in [0.15, 0.2) is 72.9 Å². The second-order valence-corrected chi connectivity index (χ2v) is 6.63. The summed E-state index contributed by atoms with van der Waals surface area (Å²) in [5.74, 6) is -1.31. The first-order valence-electron chi connectivity index (χ1n) is 10.1. The van der Waals surface area contributed by atoms with E-state index >= 15 is 0 Å². The molecule has 0 fully saturated rings. The number of rotatable bonds is 16. The Morgan fingerprint density at radius 3 is 1.48 bits per heavy atom. The summed E-state index contributed by atoms with van der Waals surface area (Å²) in [6, 6.07) is -0.940. The summed E-state index contributed by atoms with van der Waals surface area (Å²) in [7, 11) is 0. The average Bonchev–Trinajstić information content (AvgIpc) is 2.70. The number of hydrogen-bond donors (Lipinski definition) is 3. The van der Waals surface area contributed by atoms with Gasteiger partial charge in [-0.25, -0.2) is 4.79 Å². The highest BCUT2D eigenvalue weighted by molar-refractivity contribution is 7.80. The number of hydrogen-bond acceptors (Lipinski definition) is 3. The van der Waals surface area contributed by atoms with Crippen LogP contribution in [0.4, 0.5) is 0 Å². The van der Waals surface area contributed by atoms with Crippen molar-refractivity contribution in [1.29, 1.82) is 0 Å². The molecule has 0 radical (unpaired) electrons. The van der Waals surface area contributed by atoms with Crippen molar-refractivity contribution in [3.63, 3.8) is 0 Å². The minimum absolute atomic E-state index is 0.0742. The molecule has 160 valence electrons. The van der Waals surface area contributed by atoms with Gasteiger partial charge in [0.1, 0.15) is 6.04 Å². The van der Waals surface area contributed by atoms with Crippen molar-refractivity contribution >= 4 is 24.5 Å². The SMILES string of the molecule is CC/C=C\C/C=C\C/C=C\C/C=C\C/C=C\C/C=C\CC(=O)N[C@H](CS)C(=O)O. The van der Waals surface area contributed by atoms with Gasteiger partial charge < -0.3 is 10.4 Å². The Hall–Kier alpha value is -2.27. The molecule has 4 nitrogen and oxygen atoms in total. The topological polar surface area (TPSA) is 66.4 Å². The molecule has 0 aromatic rings. The number of thiol groups is 1. The van der Waals surface area contributed by atoms with Crippen molar-refractivity contribution in [1.82, 2.24) is 5.32 Å². The maximum absolute atomic E-state index is 11.6. The summed E-state index contributed by atoms with van der Waals surface area (Å²) in [6.07, 6.45) is 30.9. The summed E-state index contributed by atoms with van der Waals surface area (Å²) in [6.45, 7) is 2.14. The van der Waals surface area contributed by atoms with Crippen molar-refractivity contribution < 1.29 is 14.7 Å². The van der Waals surface area contributed by atoms with E-state index in [4.69, 9.17) is 5.11 Å². The summed E-state index contributed by atoms with van der Waals surface area (Å²) in [5, 5.41) is 11.3. The number of nitrogens with one attached hydrogen (secondary N) is 1. The molecule has 0 saturated heterocycles. The lowest BCUT2D eigenvalue weighted by Gasteiger charge is -2.10. The number of carboxylic acids is 1. The van der Waals surface area contributed by atoms with Crippen LogP contribution < -0.4 is 5.32 Å². The largest absolute Gasteiger partial charge is 0.480 e. The molecular formula is C24H35NO3S. The van der Waals surface area contributed by atoms with Crippen LogP contribution in [0.5, 0.6) is 0 Å². The molecule has 0 rings (SSSR count). The maximum atomic E-state index is 11.6. The third kappa shape index (κ3) is 18.8. The minimum atomic E-state index is -1.07. The summed E-state index contributed by atoms with van der Waals surface area (Å²) < 4.78 is 0. The second kappa shape index (κ2) is 20.5. The summed E-state index contributed by atoms with van der Waals surface area (Å²) in [4.78, 5) is 22.4. The van der Waals surface area contributed by atoms with Crippen LogP contribution in [-0.2, 0) is 9.59 Å². The molecule has 0 unspecified atom stereocenters. The fourth-order valence-electron chi connectivity index (χ4n) is 2.15. The molecule has 0 bridgehead atoms. The number of carbonyl (C=O) groups excluding carboxylic acids is 1. The Kier molecular flexibility index (Phi) is 18.9. The third-order valence-corrected chi connectivity index (χ3v) is 4.08. The van der Waals surface area contributed by atoms with Crippen LogP contribution >= 0.6 is 12.6 Å². The molecule has 0 aliphatic rings. The van der Waals surface area contributed by atoms with Crippen molar-refractivity contribution in [3.05, 3.63) is 72.9 Å². The van der Waals surface area contributed by atoms with Gasteiger partial charge in [-0.05, 0) is 38.5 Å². The van der Waals surface area contributed by atoms with E-state index in [0.29, 0.717) is 0 Å². The van der Waals surface area contributed by atoms with E-state index in [1.807, 2.05) is 12.2 Å². The Labute approximate surface area is 181 Å². The van der Waals surface area contributed by atoms with Crippen LogP contribution in [-0.4, -0.2) is 28.8 Å². The highest BCUT2D eigenvalue weighted by atomic mass is 32.1. The fraction of sp³-hybridized carbons (Fsp3) is 0.417. The van der Waals surface area contributed by atoms with Crippen LogP contribution in [0.3, 0.4) is 0 Å². The van der Waals surface area contributed by atoms with E-state index in [9.17, 15) is 9.59 Å². The molecule has 0 aromatic carbocycles. The second-order valence-electron chi connectivity index (χ2n) is 6.26. The summed E-state index contributed by atoms with van der Waals surface area (Å²) in [5.41, 5.74) is 0. The molecule has 5 heteroatoms. The normalized spacial score (nSPS) is 13.7. The van der Waals surface area contributed by atoms with Gasteiger partial charge in [-0.1, -0.05) is 79.8 Å². The lowest BCUT2D eigenvalue weighted by molar-refractivity contribution is -0.140. The average molecular weight is 418 g/mol. The van der Waals surface area contributed by atoms with Gasteiger partial charge in [-0.3, -0.25) is 4.79 Å². The number of carbonyl (C=O) groups is 2. The summed E-state index contributed by atoms with van der Waals surface area (Å²) >= 11 is 3.90. The molecule has 29 heavy (non-hydrogen) atoms. The lowest BCUT2D eigenvalue weighted by Crippen LogP contribution is -2.41. The first-order valence-corrected chi connectivity index (χ1v) is 10.8. The number of aliphatic carboxylic acids is 1. The van der Waals surface area contributed by atoms with Crippen LogP contribution in [0.1, 0.15) is 51.9 Å². The van der Waals surface area contributed by atoms with E-state index in [2.05, 4.69) is 79.6 Å². The first kappa shape index (κ1) is 26.7. The predicted molar refractivity (Wildman–Crippen MR) is 126 cm³/mol. The Bertz CT molecular complexity index is 616. The molecular weight excluding hydrogens is 382 g/mol. The molecule has 0 aliphatic carbocycles. The van der Waals surface area contributed by atoms with Gasteiger partial charge in [0, 0.05) is 12.2 Å². The first-order chi connectivity index (χ1) is 14.1. The van der Waals surface area contributed by atoms with E-state index in [-0.39, 0.29) is 18.1 Å². The smallest absolute Gasteiger partial charge is 0.327 e. The van der Waals surface area contributed by atoms with Crippen molar-refractivity contribution in [2.24, 2.45) is 0 Å². The quantitative estimate of drug-likeness (QED) is 0.227. The van der Waals surface area contributed by atoms with Crippen LogP contribution in [0.2, 0.25) is 0 Å². The molecule has 0 aromatic heterocycles. The zero-order chi connectivity index (χ0) is 21.6. The highest BCUT2D eigenvalue weighted by Crippen LogP contribution is 1.97. The minimum Gasteiger partial charge on any atom is -0.480 e. The molecule has 0 saturated carbocycles. The van der Waals surface area contributed by atoms with E-state index < -0.39 is 12.0 Å². The van der Waals surface area contributed by atoms with Gasteiger partial charge >= 0.3 is 5.97 Å². The van der Waals surface area contributed by atoms with Crippen molar-refractivity contribution in [3.8, 4) is 0 Å². The molecule has 0 spiro atoms. The number of carboxylic acid groups (broad SMARTS) is 1. The van der Waals surface area contributed by atoms with Gasteiger partial charge in [-0.2, -0.15) is 12.6 Å². The Balaban J connectivity index is 3.74. The van der Waals surface area contributed by atoms with E-state index in [0.717, 1.165) is 38.5 Å². The molecule has 1 atom stereocenters. The predicted octanol–water partition coefficient (Wildman–Crippen LogP) is 5.57. The Morgan fingerprint density at radius 2 is 1.14 bits per heavy atom. The van der Waals surface area contributed by atoms with Gasteiger partial charge in [0.2, 0.25) is 5.91 Å². The molecule has 1 amide bonds. The standard InChI is InChI=1S/C24H35NO3S/c1-2-3-4-5-6-7-8-9-10-11-12-13-14-15-16-17-18-19-20-23(26)25-22(21-29)24(27)28/h3-4,6-7,9-10,12-13,15-16,18-19,22,29H,2,5,8,11,14,17,20-21H2,1H3,(H,25,26)(H,27,28)/b4-3-,7-6-,10-9-,13-12-,16-15-,19-18-/t22-/m1/s1. The number of allylic oxidation sites excluding steroid dienone is 11. The van der Waals surface area contributed by atoms with Crippen LogP contribution in [0.25, 0.3) is 0 Å². The van der Waals surface area contributed by atoms with E-state index in [1.165, 1.54) is 0 Å². The van der Waals surface area contributed by atoms with E-state index in [1.54, 1.807) is 6.08 Å². The van der Waals surface area contributed by atoms with Gasteiger partial charge in [0.25, 0.3) is 0 Å². The monoisotopic (exact) mass is 417 g/mol. The zero-order valence-corrected chi connectivity index (χ0v) is 18.3. The lowest BCUT2D eigenvalue weighted by atomic mass is 10.2. The van der Waals surface area contributed by atoms with Crippen molar-refractivity contribution in [2.45, 2.75) is 57.9 Å². The van der Waals surface area contributed by atoms with Crippen LogP contribution in [0, 0.1) is 0 Å². The molecule has 0 heterocycles. The molecule has 0 aliphatic heterocycles. The molecule has 2 N–H and O–H groups in total. The van der Waals surface area contributed by atoms with Gasteiger partial charge in [0.05, 0.1) is 0 Å². The fourth-order valence-corrected chi connectivity index (χ4v) is 2.40. The number of amides is 1. The van der Waals surface area contributed by atoms with Gasteiger partial charge in [-0.15, -0.1) is 0 Å².